The molecule has 0 aliphatic carbocycles. The van der Waals surface area contributed by atoms with Gasteiger partial charge in [0.05, 0.1) is 5.69 Å². The lowest BCUT2D eigenvalue weighted by Crippen LogP contribution is -2.21. The van der Waals surface area contributed by atoms with Crippen LogP contribution >= 0.6 is 0 Å². The van der Waals surface area contributed by atoms with Gasteiger partial charge in [0.1, 0.15) is 0 Å². The molecule has 0 bridgehead atoms. The van der Waals surface area contributed by atoms with E-state index in [9.17, 15) is 13.2 Å². The average Bonchev–Trinajstić information content (AvgIpc) is 2.18. The minimum atomic E-state index is -5.08. The van der Waals surface area contributed by atoms with Gasteiger partial charge >= 0.3 is 12.1 Å². The molecule has 15 heavy (non-hydrogen) atoms. The number of hydrogen-bond donors (Lipinski definition) is 2. The third kappa shape index (κ3) is 6.44. The molecule has 0 atom stereocenters. The van der Waals surface area contributed by atoms with Crippen molar-refractivity contribution in [2.24, 2.45) is 5.73 Å². The summed E-state index contributed by atoms with van der Waals surface area (Å²) in [7, 11) is 0. The number of carboxylic acid groups (broad SMARTS) is 1. The lowest BCUT2D eigenvalue weighted by molar-refractivity contribution is -0.192. The monoisotopic (exact) mass is 222 g/mol. The van der Waals surface area contributed by atoms with Gasteiger partial charge in [-0.15, -0.1) is 0 Å². The van der Waals surface area contributed by atoms with Crippen molar-refractivity contribution >= 4 is 5.97 Å². The molecule has 84 valence electrons. The summed E-state index contributed by atoms with van der Waals surface area (Å²) in [6, 6.07) is 5.70. The molecule has 0 aliphatic rings. The Balaban J connectivity index is 0.000000265. The zero-order chi connectivity index (χ0) is 11.9. The number of nitrogens with zero attached hydrogens (tertiary/aromatic N) is 1. The molecule has 0 radical (unpaired) electrons. The Hall–Kier alpha value is -1.63. The van der Waals surface area contributed by atoms with Crippen LogP contribution in [-0.4, -0.2) is 22.2 Å². The summed E-state index contributed by atoms with van der Waals surface area (Å²) in [5.41, 5.74) is 6.22. The molecular formula is C8H9F3N2O2. The minimum absolute atomic E-state index is 0.529. The standard InChI is InChI=1S/C6H8N2.C2HF3O2/c7-5-6-3-1-2-4-8-6;3-2(4,5)1(6)7/h1-4H,5,7H2;(H,6,7). The Morgan fingerprint density at radius 3 is 2.20 bits per heavy atom. The first-order chi connectivity index (χ1) is 6.88. The smallest absolute Gasteiger partial charge is 0.475 e. The van der Waals surface area contributed by atoms with Gasteiger partial charge in [-0.05, 0) is 12.1 Å². The lowest BCUT2D eigenvalue weighted by atomic mass is 10.4. The van der Waals surface area contributed by atoms with Crippen LogP contribution in [0.3, 0.4) is 0 Å². The molecule has 0 aromatic carbocycles. The van der Waals surface area contributed by atoms with Crippen molar-refractivity contribution in [3.05, 3.63) is 30.1 Å². The number of alkyl halides is 3. The number of carbonyl (C=O) groups is 1. The molecule has 1 heterocycles. The minimum Gasteiger partial charge on any atom is -0.475 e. The highest BCUT2D eigenvalue weighted by Gasteiger charge is 2.38. The van der Waals surface area contributed by atoms with Gasteiger partial charge in [0, 0.05) is 12.7 Å². The SMILES string of the molecule is NCc1ccccn1.O=C(O)C(F)(F)F. The van der Waals surface area contributed by atoms with E-state index in [-0.39, 0.29) is 0 Å². The summed E-state index contributed by atoms with van der Waals surface area (Å²) in [6.45, 7) is 0.529. The van der Waals surface area contributed by atoms with Gasteiger partial charge in [0.15, 0.2) is 0 Å². The number of pyridine rings is 1. The van der Waals surface area contributed by atoms with Crippen LogP contribution in [0.1, 0.15) is 5.69 Å². The van der Waals surface area contributed by atoms with Crippen LogP contribution in [0.5, 0.6) is 0 Å². The van der Waals surface area contributed by atoms with Gasteiger partial charge in [-0.25, -0.2) is 4.79 Å². The molecule has 1 aromatic rings. The quantitative estimate of drug-likeness (QED) is 0.747. The van der Waals surface area contributed by atoms with Gasteiger partial charge < -0.3 is 10.8 Å². The van der Waals surface area contributed by atoms with E-state index < -0.39 is 12.1 Å². The number of aliphatic carboxylic acids is 1. The largest absolute Gasteiger partial charge is 0.490 e. The summed E-state index contributed by atoms with van der Waals surface area (Å²) in [5, 5.41) is 7.12. The maximum absolute atomic E-state index is 10.6. The molecule has 1 rings (SSSR count). The fourth-order valence-corrected chi connectivity index (χ4v) is 0.519. The van der Waals surface area contributed by atoms with E-state index in [0.717, 1.165) is 5.69 Å². The second-order valence-corrected chi connectivity index (χ2v) is 2.33. The third-order valence-corrected chi connectivity index (χ3v) is 1.18. The van der Waals surface area contributed by atoms with Gasteiger partial charge in [-0.3, -0.25) is 4.98 Å². The van der Waals surface area contributed by atoms with Gasteiger partial charge in [-0.1, -0.05) is 6.07 Å². The van der Waals surface area contributed by atoms with E-state index in [2.05, 4.69) is 4.98 Å². The van der Waals surface area contributed by atoms with Crippen molar-refractivity contribution in [1.82, 2.24) is 4.98 Å². The fraction of sp³-hybridized carbons (Fsp3) is 0.250. The number of aromatic nitrogens is 1. The number of nitrogens with two attached hydrogens (primary N) is 1. The zero-order valence-corrected chi connectivity index (χ0v) is 7.53. The molecule has 0 fully saturated rings. The van der Waals surface area contributed by atoms with E-state index in [1.807, 2.05) is 18.2 Å². The number of halogens is 3. The van der Waals surface area contributed by atoms with Gasteiger partial charge in [0.2, 0.25) is 0 Å². The summed E-state index contributed by atoms with van der Waals surface area (Å²) in [6.07, 6.45) is -3.35. The molecule has 4 nitrogen and oxygen atoms in total. The predicted molar refractivity (Wildman–Crippen MR) is 45.8 cm³/mol. The van der Waals surface area contributed by atoms with Crippen LogP contribution in [0, 0.1) is 0 Å². The second-order valence-electron chi connectivity index (χ2n) is 2.33. The first-order valence-electron chi connectivity index (χ1n) is 3.78. The van der Waals surface area contributed by atoms with Gasteiger partial charge in [-0.2, -0.15) is 13.2 Å². The average molecular weight is 222 g/mol. The van der Waals surface area contributed by atoms with Crippen LogP contribution in [-0.2, 0) is 11.3 Å². The Bertz CT molecular complexity index is 301. The summed E-state index contributed by atoms with van der Waals surface area (Å²) in [5.74, 6) is -2.76. The van der Waals surface area contributed by atoms with Crippen LogP contribution in [0.25, 0.3) is 0 Å². The molecule has 0 saturated heterocycles. The van der Waals surface area contributed by atoms with Gasteiger partial charge in [0.25, 0.3) is 0 Å². The highest BCUT2D eigenvalue weighted by atomic mass is 19.4. The maximum Gasteiger partial charge on any atom is 0.490 e. The zero-order valence-electron chi connectivity index (χ0n) is 7.53. The molecular weight excluding hydrogens is 213 g/mol. The molecule has 3 N–H and O–H groups in total. The molecule has 7 heteroatoms. The molecule has 0 amide bonds. The van der Waals surface area contributed by atoms with E-state index in [0.29, 0.717) is 6.54 Å². The van der Waals surface area contributed by atoms with Crippen LogP contribution in [0.15, 0.2) is 24.4 Å². The van der Waals surface area contributed by atoms with Crippen molar-refractivity contribution in [1.29, 1.82) is 0 Å². The Labute approximate surface area is 83.5 Å². The van der Waals surface area contributed by atoms with E-state index in [4.69, 9.17) is 15.6 Å². The lowest BCUT2D eigenvalue weighted by Gasteiger charge is -1.93. The molecule has 0 saturated carbocycles. The van der Waals surface area contributed by atoms with E-state index in [1.54, 1.807) is 6.20 Å². The number of rotatable bonds is 1. The van der Waals surface area contributed by atoms with Crippen molar-refractivity contribution in [3.8, 4) is 0 Å². The molecule has 0 unspecified atom stereocenters. The summed E-state index contributed by atoms with van der Waals surface area (Å²) in [4.78, 5) is 12.9. The van der Waals surface area contributed by atoms with Crippen LogP contribution < -0.4 is 5.73 Å². The Morgan fingerprint density at radius 1 is 1.47 bits per heavy atom. The fourth-order valence-electron chi connectivity index (χ4n) is 0.519. The van der Waals surface area contributed by atoms with Crippen LogP contribution in [0.4, 0.5) is 13.2 Å². The maximum atomic E-state index is 10.6. The van der Waals surface area contributed by atoms with Crippen molar-refractivity contribution in [2.75, 3.05) is 0 Å². The Morgan fingerprint density at radius 2 is 2.00 bits per heavy atom. The highest BCUT2D eigenvalue weighted by Crippen LogP contribution is 2.13. The highest BCUT2D eigenvalue weighted by molar-refractivity contribution is 5.73. The van der Waals surface area contributed by atoms with Crippen molar-refractivity contribution < 1.29 is 23.1 Å². The topological polar surface area (TPSA) is 76.2 Å². The predicted octanol–water partition coefficient (Wildman–Crippen LogP) is 1.17. The molecule has 0 aliphatic heterocycles. The number of carboxylic acids is 1. The molecule has 1 aromatic heterocycles. The second kappa shape index (κ2) is 5.97. The third-order valence-electron chi connectivity index (χ3n) is 1.18. The number of hydrogen-bond acceptors (Lipinski definition) is 3. The summed E-state index contributed by atoms with van der Waals surface area (Å²) >= 11 is 0. The van der Waals surface area contributed by atoms with Crippen LogP contribution in [0.2, 0.25) is 0 Å². The first-order valence-corrected chi connectivity index (χ1v) is 3.78. The van der Waals surface area contributed by atoms with Crippen molar-refractivity contribution in [2.45, 2.75) is 12.7 Å². The molecule has 0 spiro atoms. The van der Waals surface area contributed by atoms with E-state index in [1.165, 1.54) is 0 Å². The van der Waals surface area contributed by atoms with E-state index >= 15 is 0 Å². The Kier molecular flexibility index (Phi) is 5.32. The first kappa shape index (κ1) is 13.4. The summed E-state index contributed by atoms with van der Waals surface area (Å²) < 4.78 is 31.7. The normalized spacial score (nSPS) is 10.1. The van der Waals surface area contributed by atoms with Crippen molar-refractivity contribution in [3.63, 3.8) is 0 Å².